The first-order valence-corrected chi connectivity index (χ1v) is 10.7. The number of hydrogen-bond donors (Lipinski definition) is 1. The molecule has 1 N–H and O–H groups in total. The van der Waals surface area contributed by atoms with Gasteiger partial charge in [0.1, 0.15) is 11.5 Å². The van der Waals surface area contributed by atoms with Crippen molar-refractivity contribution < 1.29 is 14.0 Å². The summed E-state index contributed by atoms with van der Waals surface area (Å²) in [6.45, 7) is 3.36. The second-order valence-corrected chi connectivity index (χ2v) is 8.29. The Hall–Kier alpha value is -2.80. The van der Waals surface area contributed by atoms with E-state index in [1.165, 1.54) is 6.39 Å². The van der Waals surface area contributed by atoms with Crippen molar-refractivity contribution in [3.05, 3.63) is 52.7 Å². The fourth-order valence-corrected chi connectivity index (χ4v) is 4.98. The summed E-state index contributed by atoms with van der Waals surface area (Å²) in [5.74, 6) is 0.110. The van der Waals surface area contributed by atoms with E-state index in [0.717, 1.165) is 67.4 Å². The van der Waals surface area contributed by atoms with Crippen LogP contribution < -0.4 is 10.2 Å². The summed E-state index contributed by atoms with van der Waals surface area (Å²) in [6, 6.07) is 5.84. The molecule has 1 atom stereocenters. The monoisotopic (exact) mass is 426 g/mol. The number of anilines is 1. The Labute approximate surface area is 179 Å². The molecule has 2 aliphatic heterocycles. The van der Waals surface area contributed by atoms with E-state index >= 15 is 0 Å². The van der Waals surface area contributed by atoms with Gasteiger partial charge in [0.05, 0.1) is 22.3 Å². The smallest absolute Gasteiger partial charge is 0.234 e. The average molecular weight is 427 g/mol. The van der Waals surface area contributed by atoms with Crippen LogP contribution in [0, 0.1) is 0 Å². The van der Waals surface area contributed by atoms with Crippen LogP contribution in [0.3, 0.4) is 0 Å². The predicted molar refractivity (Wildman–Crippen MR) is 113 cm³/mol. The normalized spacial score (nSPS) is 21.9. The highest BCUT2D eigenvalue weighted by Gasteiger charge is 2.31. The van der Waals surface area contributed by atoms with Crippen LogP contribution in [0.5, 0.6) is 0 Å². The zero-order chi connectivity index (χ0) is 20.7. The third-order valence-corrected chi connectivity index (χ3v) is 6.59. The van der Waals surface area contributed by atoms with Crippen molar-refractivity contribution in [3.63, 3.8) is 0 Å². The number of carbonyl (C=O) groups excluding carboxylic acids is 2. The van der Waals surface area contributed by atoms with Crippen LogP contribution in [0.25, 0.3) is 5.70 Å². The minimum absolute atomic E-state index is 0.216. The lowest BCUT2D eigenvalue weighted by molar-refractivity contribution is -0.134. The third kappa shape index (κ3) is 3.37. The Bertz CT molecular complexity index is 1020. The minimum Gasteiger partial charge on any atom is -0.448 e. The molecule has 1 aromatic carbocycles. The molecule has 2 fully saturated rings. The van der Waals surface area contributed by atoms with Crippen LogP contribution in [-0.4, -0.2) is 47.9 Å². The van der Waals surface area contributed by atoms with Gasteiger partial charge >= 0.3 is 0 Å². The molecule has 2 amide bonds. The Morgan fingerprint density at radius 1 is 1.10 bits per heavy atom. The zero-order valence-corrected chi connectivity index (χ0v) is 17.3. The fraction of sp³-hybridized carbons (Fsp3) is 0.409. The first kappa shape index (κ1) is 19.2. The molecule has 1 aromatic heterocycles. The van der Waals surface area contributed by atoms with Crippen molar-refractivity contribution in [3.8, 4) is 0 Å². The van der Waals surface area contributed by atoms with E-state index < -0.39 is 0 Å². The molecular formula is C22H23ClN4O3. The van der Waals surface area contributed by atoms with Gasteiger partial charge in [-0.25, -0.2) is 4.98 Å². The molecule has 8 heteroatoms. The number of nitrogens with one attached hydrogen (secondary N) is 1. The molecule has 0 spiro atoms. The maximum absolute atomic E-state index is 12.3. The molecule has 1 aliphatic carbocycles. The Morgan fingerprint density at radius 3 is 2.70 bits per heavy atom. The summed E-state index contributed by atoms with van der Waals surface area (Å²) in [6.07, 6.45) is 6.49. The molecule has 2 aromatic rings. The van der Waals surface area contributed by atoms with Gasteiger partial charge in [0.2, 0.25) is 11.8 Å². The quantitative estimate of drug-likeness (QED) is 0.760. The van der Waals surface area contributed by atoms with Crippen LogP contribution in [0.4, 0.5) is 5.69 Å². The lowest BCUT2D eigenvalue weighted by Gasteiger charge is -2.39. The SMILES string of the molecule is O=C1CCC(c2cccc(N3CCN(C4=CCCc5ocnc54)CC3)c2Cl)C(=O)N1. The largest absolute Gasteiger partial charge is 0.448 e. The van der Waals surface area contributed by atoms with Crippen molar-refractivity contribution in [1.29, 1.82) is 0 Å². The van der Waals surface area contributed by atoms with Gasteiger partial charge in [0.15, 0.2) is 6.39 Å². The molecule has 5 rings (SSSR count). The maximum Gasteiger partial charge on any atom is 0.234 e. The van der Waals surface area contributed by atoms with E-state index in [4.69, 9.17) is 16.0 Å². The highest BCUT2D eigenvalue weighted by Crippen LogP contribution is 2.37. The summed E-state index contributed by atoms with van der Waals surface area (Å²) in [7, 11) is 0. The summed E-state index contributed by atoms with van der Waals surface area (Å²) in [5.41, 5.74) is 3.86. The number of allylic oxidation sites excluding steroid dienone is 1. The van der Waals surface area contributed by atoms with E-state index in [-0.39, 0.29) is 17.7 Å². The standard InChI is InChI=1S/C22H23ClN4O3/c23-20-14(15-7-8-19(28)25-22(15)29)3-1-4-16(20)26-9-11-27(12-10-26)17-5-2-6-18-21(17)24-13-30-18/h1,3-5,13,15H,2,6-12H2,(H,25,28,29). The molecule has 156 valence electrons. The van der Waals surface area contributed by atoms with Gasteiger partial charge < -0.3 is 14.2 Å². The lowest BCUT2D eigenvalue weighted by atomic mass is 9.90. The second-order valence-electron chi connectivity index (χ2n) is 7.91. The number of fused-ring (bicyclic) bond motifs is 1. The zero-order valence-electron chi connectivity index (χ0n) is 16.6. The van der Waals surface area contributed by atoms with Crippen molar-refractivity contribution >= 4 is 34.8 Å². The van der Waals surface area contributed by atoms with Gasteiger partial charge in [0.25, 0.3) is 0 Å². The molecule has 30 heavy (non-hydrogen) atoms. The van der Waals surface area contributed by atoms with Gasteiger partial charge in [-0.2, -0.15) is 0 Å². The number of rotatable bonds is 3. The number of halogens is 1. The van der Waals surface area contributed by atoms with Crippen molar-refractivity contribution in [2.24, 2.45) is 0 Å². The Morgan fingerprint density at radius 2 is 1.90 bits per heavy atom. The van der Waals surface area contributed by atoms with Crippen molar-refractivity contribution in [1.82, 2.24) is 15.2 Å². The number of piperidine rings is 1. The molecule has 0 radical (unpaired) electrons. The van der Waals surface area contributed by atoms with E-state index in [1.807, 2.05) is 18.2 Å². The number of nitrogens with zero attached hydrogens (tertiary/aromatic N) is 3. The number of piperazine rings is 1. The number of benzene rings is 1. The van der Waals surface area contributed by atoms with E-state index in [1.54, 1.807) is 0 Å². The van der Waals surface area contributed by atoms with Crippen molar-refractivity contribution in [2.45, 2.75) is 31.6 Å². The number of oxazole rings is 1. The van der Waals surface area contributed by atoms with Crippen LogP contribution in [0.15, 0.2) is 35.1 Å². The van der Waals surface area contributed by atoms with Crippen LogP contribution in [-0.2, 0) is 16.0 Å². The van der Waals surface area contributed by atoms with Gasteiger partial charge in [-0.05, 0) is 24.5 Å². The van der Waals surface area contributed by atoms with Crippen LogP contribution in [0.2, 0.25) is 5.02 Å². The summed E-state index contributed by atoms with van der Waals surface area (Å²) in [5, 5.41) is 3.03. The maximum atomic E-state index is 12.3. The molecule has 2 saturated heterocycles. The van der Waals surface area contributed by atoms with Crippen molar-refractivity contribution in [2.75, 3.05) is 31.1 Å². The summed E-state index contributed by atoms with van der Waals surface area (Å²) < 4.78 is 5.51. The van der Waals surface area contributed by atoms with E-state index in [0.29, 0.717) is 17.9 Å². The van der Waals surface area contributed by atoms with Gasteiger partial charge in [-0.1, -0.05) is 29.8 Å². The molecular weight excluding hydrogens is 404 g/mol. The highest BCUT2D eigenvalue weighted by atomic mass is 35.5. The molecule has 3 aliphatic rings. The second kappa shape index (κ2) is 7.80. The number of aryl methyl sites for hydroxylation is 1. The Kier molecular flexibility index (Phi) is 4.98. The lowest BCUT2D eigenvalue weighted by Crippen LogP contribution is -2.46. The summed E-state index contributed by atoms with van der Waals surface area (Å²) >= 11 is 6.76. The fourth-order valence-electron chi connectivity index (χ4n) is 4.60. The van der Waals surface area contributed by atoms with Crippen LogP contribution >= 0.6 is 11.6 Å². The van der Waals surface area contributed by atoms with E-state index in [9.17, 15) is 9.59 Å². The van der Waals surface area contributed by atoms with Crippen LogP contribution in [0.1, 0.15) is 42.2 Å². The molecule has 0 saturated carbocycles. The number of aromatic nitrogens is 1. The van der Waals surface area contributed by atoms with Gasteiger partial charge in [-0.3, -0.25) is 14.9 Å². The first-order chi connectivity index (χ1) is 14.6. The van der Waals surface area contributed by atoms with Gasteiger partial charge in [-0.15, -0.1) is 0 Å². The Balaban J connectivity index is 1.32. The molecule has 1 unspecified atom stereocenters. The number of hydrogen-bond acceptors (Lipinski definition) is 6. The third-order valence-electron chi connectivity index (χ3n) is 6.18. The average Bonchev–Trinajstić information content (AvgIpc) is 3.24. The highest BCUT2D eigenvalue weighted by molar-refractivity contribution is 6.34. The van der Waals surface area contributed by atoms with Gasteiger partial charge in [0, 0.05) is 39.0 Å². The van der Waals surface area contributed by atoms with E-state index in [2.05, 4.69) is 26.2 Å². The number of carbonyl (C=O) groups is 2. The molecule has 3 heterocycles. The minimum atomic E-state index is -0.380. The predicted octanol–water partition coefficient (Wildman–Crippen LogP) is 2.96. The molecule has 7 nitrogen and oxygen atoms in total. The number of amides is 2. The topological polar surface area (TPSA) is 78.7 Å². The number of imide groups is 1. The summed E-state index contributed by atoms with van der Waals surface area (Å²) in [4.78, 5) is 32.8. The first-order valence-electron chi connectivity index (χ1n) is 10.4. The molecule has 0 bridgehead atoms.